The maximum Gasteiger partial charge on any atom is 0.129 e. The second-order valence-electron chi connectivity index (χ2n) is 4.93. The van der Waals surface area contributed by atoms with Crippen LogP contribution < -0.4 is 10.6 Å². The molecular weight excluding hydrogens is 252 g/mol. The fourth-order valence-electron chi connectivity index (χ4n) is 2.36. The molecule has 0 aliphatic heterocycles. The van der Waals surface area contributed by atoms with Crippen molar-refractivity contribution in [3.8, 4) is 0 Å². The van der Waals surface area contributed by atoms with E-state index >= 15 is 0 Å². The summed E-state index contributed by atoms with van der Waals surface area (Å²) < 4.78 is 5.20. The van der Waals surface area contributed by atoms with Crippen LogP contribution in [0.4, 0.5) is 5.82 Å². The van der Waals surface area contributed by atoms with E-state index in [-0.39, 0.29) is 5.84 Å². The molecule has 0 fully saturated rings. The van der Waals surface area contributed by atoms with Crippen molar-refractivity contribution in [1.29, 1.82) is 5.41 Å². The molecule has 1 heterocycles. The van der Waals surface area contributed by atoms with E-state index in [2.05, 4.69) is 23.7 Å². The first-order chi connectivity index (χ1) is 9.53. The monoisotopic (exact) mass is 278 g/mol. The highest BCUT2D eigenvalue weighted by atomic mass is 16.5. The first-order valence-corrected chi connectivity index (χ1v) is 7.12. The van der Waals surface area contributed by atoms with Gasteiger partial charge in [0.25, 0.3) is 0 Å². The molecule has 0 saturated carbocycles. The van der Waals surface area contributed by atoms with Gasteiger partial charge in [-0.1, -0.05) is 13.8 Å². The van der Waals surface area contributed by atoms with E-state index in [1.54, 1.807) is 7.11 Å². The second-order valence-corrected chi connectivity index (χ2v) is 4.93. The number of aromatic nitrogens is 1. The van der Waals surface area contributed by atoms with Crippen LogP contribution >= 0.6 is 0 Å². The average molecular weight is 278 g/mol. The molecule has 0 aliphatic rings. The van der Waals surface area contributed by atoms with E-state index in [4.69, 9.17) is 15.9 Å². The summed E-state index contributed by atoms with van der Waals surface area (Å²) in [5, 5.41) is 7.61. The Balaban J connectivity index is 3.14. The standard InChI is InChI=1S/C15H26N4O/c1-5-13(6-2)19(7-8-20-4)14-10-12(15(16)17)9-11(3)18-14/h9-10,13H,5-8H2,1-4H3,(H3,16,17). The molecule has 0 spiro atoms. The van der Waals surface area contributed by atoms with Gasteiger partial charge in [-0.3, -0.25) is 5.41 Å². The number of hydrogen-bond donors (Lipinski definition) is 2. The molecule has 0 amide bonds. The highest BCUT2D eigenvalue weighted by Gasteiger charge is 2.18. The van der Waals surface area contributed by atoms with Gasteiger partial charge in [0.1, 0.15) is 11.7 Å². The van der Waals surface area contributed by atoms with Gasteiger partial charge in [-0.05, 0) is 31.9 Å². The van der Waals surface area contributed by atoms with Gasteiger partial charge in [0.05, 0.1) is 6.61 Å². The Kier molecular flexibility index (Phi) is 6.45. The topological polar surface area (TPSA) is 75.2 Å². The Morgan fingerprint density at radius 2 is 2.05 bits per heavy atom. The molecule has 112 valence electrons. The molecule has 0 aromatic carbocycles. The first-order valence-electron chi connectivity index (χ1n) is 7.12. The van der Waals surface area contributed by atoms with Crippen LogP contribution in [0.3, 0.4) is 0 Å². The lowest BCUT2D eigenvalue weighted by atomic mass is 10.1. The van der Waals surface area contributed by atoms with E-state index in [0.717, 1.165) is 36.5 Å². The van der Waals surface area contributed by atoms with E-state index in [1.807, 2.05) is 19.1 Å². The van der Waals surface area contributed by atoms with Crippen LogP contribution in [-0.2, 0) is 4.74 Å². The molecule has 0 saturated heterocycles. The van der Waals surface area contributed by atoms with Gasteiger partial charge in [0, 0.05) is 31.0 Å². The van der Waals surface area contributed by atoms with E-state index in [1.165, 1.54) is 0 Å². The van der Waals surface area contributed by atoms with Crippen LogP contribution in [0.25, 0.3) is 0 Å². The molecule has 0 radical (unpaired) electrons. The van der Waals surface area contributed by atoms with Crippen molar-refractivity contribution >= 4 is 11.7 Å². The number of nitrogens with zero attached hydrogens (tertiary/aromatic N) is 2. The van der Waals surface area contributed by atoms with Crippen LogP contribution in [0.15, 0.2) is 12.1 Å². The lowest BCUT2D eigenvalue weighted by Gasteiger charge is -2.32. The predicted molar refractivity (Wildman–Crippen MR) is 83.6 cm³/mol. The third-order valence-corrected chi connectivity index (χ3v) is 3.46. The van der Waals surface area contributed by atoms with Crippen LogP contribution in [0.1, 0.15) is 37.9 Å². The largest absolute Gasteiger partial charge is 0.384 e. The number of nitrogens with one attached hydrogen (secondary N) is 1. The summed E-state index contributed by atoms with van der Waals surface area (Å²) in [7, 11) is 1.70. The van der Waals surface area contributed by atoms with Crippen molar-refractivity contribution in [2.45, 2.75) is 39.7 Å². The van der Waals surface area contributed by atoms with Crippen LogP contribution in [-0.4, -0.2) is 37.1 Å². The maximum absolute atomic E-state index is 7.61. The number of ether oxygens (including phenoxy) is 1. The highest BCUT2D eigenvalue weighted by Crippen LogP contribution is 2.20. The number of anilines is 1. The molecular formula is C15H26N4O. The molecule has 0 unspecified atom stereocenters. The van der Waals surface area contributed by atoms with Crippen LogP contribution in [0.2, 0.25) is 0 Å². The van der Waals surface area contributed by atoms with Gasteiger partial charge in [-0.2, -0.15) is 0 Å². The van der Waals surface area contributed by atoms with Gasteiger partial charge in [0.2, 0.25) is 0 Å². The van der Waals surface area contributed by atoms with Crippen LogP contribution in [0.5, 0.6) is 0 Å². The predicted octanol–water partition coefficient (Wildman–Crippen LogP) is 2.32. The van der Waals surface area contributed by atoms with Crippen molar-refractivity contribution in [2.75, 3.05) is 25.2 Å². The third-order valence-electron chi connectivity index (χ3n) is 3.46. The van der Waals surface area contributed by atoms with E-state index < -0.39 is 0 Å². The van der Waals surface area contributed by atoms with Crippen molar-refractivity contribution in [1.82, 2.24) is 4.98 Å². The Hall–Kier alpha value is -1.62. The Bertz CT molecular complexity index is 443. The fourth-order valence-corrected chi connectivity index (χ4v) is 2.36. The second kappa shape index (κ2) is 7.85. The molecule has 1 aromatic rings. The number of pyridine rings is 1. The summed E-state index contributed by atoms with van der Waals surface area (Å²) in [5.41, 5.74) is 7.20. The Labute approximate surface area is 121 Å². The number of nitrogens with two attached hydrogens (primary N) is 1. The number of amidine groups is 1. The van der Waals surface area contributed by atoms with Crippen molar-refractivity contribution in [2.24, 2.45) is 5.73 Å². The number of nitrogen functional groups attached to an aromatic ring is 1. The molecule has 3 N–H and O–H groups in total. The minimum Gasteiger partial charge on any atom is -0.384 e. The summed E-state index contributed by atoms with van der Waals surface area (Å²) in [6.07, 6.45) is 2.09. The smallest absolute Gasteiger partial charge is 0.129 e. The fraction of sp³-hybridized carbons (Fsp3) is 0.600. The van der Waals surface area contributed by atoms with Gasteiger partial charge in [-0.15, -0.1) is 0 Å². The SMILES string of the molecule is CCC(CC)N(CCOC)c1cc(C(=N)N)cc(C)n1. The first kappa shape index (κ1) is 16.4. The zero-order valence-corrected chi connectivity index (χ0v) is 12.9. The summed E-state index contributed by atoms with van der Waals surface area (Å²) in [6, 6.07) is 4.15. The van der Waals surface area contributed by atoms with Gasteiger partial charge >= 0.3 is 0 Å². The lowest BCUT2D eigenvalue weighted by molar-refractivity contribution is 0.202. The zero-order valence-electron chi connectivity index (χ0n) is 12.9. The zero-order chi connectivity index (χ0) is 15.1. The molecule has 5 heteroatoms. The molecule has 1 aromatic heterocycles. The molecule has 0 aliphatic carbocycles. The lowest BCUT2D eigenvalue weighted by Crippen LogP contribution is -2.38. The Morgan fingerprint density at radius 3 is 2.55 bits per heavy atom. The highest BCUT2D eigenvalue weighted by molar-refractivity contribution is 5.95. The normalized spacial score (nSPS) is 10.8. The average Bonchev–Trinajstić information content (AvgIpc) is 2.42. The minimum atomic E-state index is 0.0768. The van der Waals surface area contributed by atoms with Gasteiger partial charge in [0.15, 0.2) is 0 Å². The molecule has 0 bridgehead atoms. The van der Waals surface area contributed by atoms with Gasteiger partial charge < -0.3 is 15.4 Å². The van der Waals surface area contributed by atoms with E-state index in [9.17, 15) is 0 Å². The molecule has 1 rings (SSSR count). The molecule has 5 nitrogen and oxygen atoms in total. The Morgan fingerprint density at radius 1 is 1.40 bits per heavy atom. The number of methoxy groups -OCH3 is 1. The quantitative estimate of drug-likeness (QED) is 0.565. The summed E-state index contributed by atoms with van der Waals surface area (Å²) in [4.78, 5) is 6.86. The van der Waals surface area contributed by atoms with E-state index in [0.29, 0.717) is 12.6 Å². The summed E-state index contributed by atoms with van der Waals surface area (Å²) in [5.74, 6) is 0.953. The maximum atomic E-state index is 7.61. The number of hydrogen-bond acceptors (Lipinski definition) is 4. The number of rotatable bonds is 8. The van der Waals surface area contributed by atoms with Crippen molar-refractivity contribution in [3.05, 3.63) is 23.4 Å². The molecule has 20 heavy (non-hydrogen) atoms. The summed E-state index contributed by atoms with van der Waals surface area (Å²) >= 11 is 0. The minimum absolute atomic E-state index is 0.0768. The molecule has 0 atom stereocenters. The van der Waals surface area contributed by atoms with Gasteiger partial charge in [-0.25, -0.2) is 4.98 Å². The summed E-state index contributed by atoms with van der Waals surface area (Å²) in [6.45, 7) is 7.72. The third kappa shape index (κ3) is 4.20. The number of aryl methyl sites for hydroxylation is 1. The van der Waals surface area contributed by atoms with Crippen molar-refractivity contribution in [3.63, 3.8) is 0 Å². The van der Waals surface area contributed by atoms with Crippen LogP contribution in [0, 0.1) is 12.3 Å². The van der Waals surface area contributed by atoms with Crippen molar-refractivity contribution < 1.29 is 4.74 Å².